The van der Waals surface area contributed by atoms with Gasteiger partial charge in [-0.1, -0.05) is 6.07 Å². The summed E-state index contributed by atoms with van der Waals surface area (Å²) in [5, 5.41) is 5.95. The molecule has 1 saturated heterocycles. The maximum atomic E-state index is 13.2. The number of benzene rings is 1. The Hall–Kier alpha value is -1.14. The molecule has 0 spiro atoms. The van der Waals surface area contributed by atoms with E-state index in [0.717, 1.165) is 38.2 Å². The van der Waals surface area contributed by atoms with Crippen LogP contribution in [0.15, 0.2) is 23.2 Å². The van der Waals surface area contributed by atoms with Crippen molar-refractivity contribution in [3.05, 3.63) is 35.1 Å². The van der Waals surface area contributed by atoms with Gasteiger partial charge in [-0.05, 0) is 38.0 Å². The molecule has 1 fully saturated rings. The average Bonchev–Trinajstić information content (AvgIpc) is 2.60. The number of aliphatic imine (C=N–C) groups is 1. The van der Waals surface area contributed by atoms with Gasteiger partial charge >= 0.3 is 6.18 Å². The quantitative estimate of drug-likeness (QED) is 0.193. The molecule has 10 heteroatoms. The van der Waals surface area contributed by atoms with Crippen molar-refractivity contribution in [3.63, 3.8) is 0 Å². The van der Waals surface area contributed by atoms with Gasteiger partial charge in [-0.25, -0.2) is 4.39 Å². The van der Waals surface area contributed by atoms with E-state index in [0.29, 0.717) is 18.6 Å². The van der Waals surface area contributed by atoms with Gasteiger partial charge in [0.25, 0.3) is 0 Å². The molecule has 29 heavy (non-hydrogen) atoms. The second kappa shape index (κ2) is 11.9. The smallest absolute Gasteiger partial charge is 0.373 e. The van der Waals surface area contributed by atoms with Gasteiger partial charge in [0.05, 0.1) is 17.8 Å². The Kier molecular flexibility index (Phi) is 10.6. The van der Waals surface area contributed by atoms with Crippen LogP contribution in [0.3, 0.4) is 0 Å². The van der Waals surface area contributed by atoms with Gasteiger partial charge in [-0.2, -0.15) is 13.2 Å². The molecular weight excluding hydrogens is 503 g/mol. The highest BCUT2D eigenvalue weighted by molar-refractivity contribution is 14.0. The zero-order valence-corrected chi connectivity index (χ0v) is 19.2. The third kappa shape index (κ3) is 8.63. The zero-order chi connectivity index (χ0) is 20.7. The highest BCUT2D eigenvalue weighted by atomic mass is 127. The number of halogens is 5. The fourth-order valence-electron chi connectivity index (χ4n) is 3.34. The number of nitrogens with one attached hydrogen (secondary N) is 2. The minimum atomic E-state index is -4.61. The summed E-state index contributed by atoms with van der Waals surface area (Å²) in [5.74, 6) is -0.508. The minimum absolute atomic E-state index is 0. The van der Waals surface area contributed by atoms with Crippen molar-refractivity contribution >= 4 is 29.9 Å². The highest BCUT2D eigenvalue weighted by Crippen LogP contribution is 2.32. The summed E-state index contributed by atoms with van der Waals surface area (Å²) < 4.78 is 58.1. The molecule has 0 amide bonds. The summed E-state index contributed by atoms with van der Waals surface area (Å²) in [6, 6.07) is 2.67. The molecule has 1 heterocycles. The molecule has 1 aliphatic heterocycles. The van der Waals surface area contributed by atoms with E-state index < -0.39 is 17.6 Å². The lowest BCUT2D eigenvalue weighted by Gasteiger charge is -2.35. The fraction of sp³-hybridized carbons (Fsp3) is 0.632. The Bertz CT molecular complexity index is 662. The Morgan fingerprint density at radius 1 is 1.21 bits per heavy atom. The molecular formula is C19H29F4IN4O. The summed E-state index contributed by atoms with van der Waals surface area (Å²) >= 11 is 0. The van der Waals surface area contributed by atoms with Gasteiger partial charge in [0.15, 0.2) is 5.96 Å². The predicted octanol–water partition coefficient (Wildman–Crippen LogP) is 3.63. The minimum Gasteiger partial charge on any atom is -0.373 e. The van der Waals surface area contributed by atoms with Gasteiger partial charge < -0.3 is 15.4 Å². The third-order valence-corrected chi connectivity index (χ3v) is 4.49. The molecule has 2 N–H and O–H groups in total. The SMILES string of the molecule is CN=C(NCCCN1CC(C)OC(C)C1)NCc1ccc(F)cc1C(F)(F)F.I. The first kappa shape index (κ1) is 25.9. The normalized spacial score (nSPS) is 20.9. The topological polar surface area (TPSA) is 48.9 Å². The van der Waals surface area contributed by atoms with Crippen LogP contribution in [0.2, 0.25) is 0 Å². The highest BCUT2D eigenvalue weighted by Gasteiger charge is 2.33. The van der Waals surface area contributed by atoms with Crippen LogP contribution < -0.4 is 10.6 Å². The van der Waals surface area contributed by atoms with Crippen molar-refractivity contribution in [2.75, 3.05) is 33.2 Å². The number of hydrogen-bond donors (Lipinski definition) is 2. The molecule has 0 aromatic heterocycles. The molecule has 0 bridgehead atoms. The van der Waals surface area contributed by atoms with Gasteiger partial charge in [0.1, 0.15) is 5.82 Å². The molecule has 0 radical (unpaired) electrons. The molecule has 5 nitrogen and oxygen atoms in total. The van der Waals surface area contributed by atoms with Crippen LogP contribution in [0.4, 0.5) is 17.6 Å². The summed E-state index contributed by atoms with van der Waals surface area (Å²) in [5.41, 5.74) is -1.01. The van der Waals surface area contributed by atoms with E-state index in [-0.39, 0.29) is 48.3 Å². The Labute approximate surface area is 186 Å². The number of ether oxygens (including phenoxy) is 1. The predicted molar refractivity (Wildman–Crippen MR) is 116 cm³/mol. The first-order chi connectivity index (χ1) is 13.2. The maximum absolute atomic E-state index is 13.2. The molecule has 1 aromatic carbocycles. The summed E-state index contributed by atoms with van der Waals surface area (Å²) in [6.07, 6.45) is -3.32. The van der Waals surface area contributed by atoms with Crippen LogP contribution in [0.25, 0.3) is 0 Å². The summed E-state index contributed by atoms with van der Waals surface area (Å²) in [6.45, 7) is 7.32. The molecule has 2 atom stereocenters. The van der Waals surface area contributed by atoms with Crippen LogP contribution in [-0.2, 0) is 17.5 Å². The molecule has 0 saturated carbocycles. The Morgan fingerprint density at radius 3 is 2.45 bits per heavy atom. The monoisotopic (exact) mass is 532 g/mol. The molecule has 1 aliphatic rings. The van der Waals surface area contributed by atoms with E-state index in [1.165, 1.54) is 0 Å². The van der Waals surface area contributed by atoms with E-state index in [1.807, 2.05) is 0 Å². The summed E-state index contributed by atoms with van der Waals surface area (Å²) in [7, 11) is 1.55. The van der Waals surface area contributed by atoms with Crippen molar-refractivity contribution in [3.8, 4) is 0 Å². The summed E-state index contributed by atoms with van der Waals surface area (Å²) in [4.78, 5) is 6.36. The number of morpholine rings is 1. The zero-order valence-electron chi connectivity index (χ0n) is 16.9. The average molecular weight is 532 g/mol. The van der Waals surface area contributed by atoms with Crippen LogP contribution in [-0.4, -0.2) is 56.3 Å². The van der Waals surface area contributed by atoms with E-state index >= 15 is 0 Å². The van der Waals surface area contributed by atoms with Crippen LogP contribution in [0.5, 0.6) is 0 Å². The lowest BCUT2D eigenvalue weighted by molar-refractivity contribution is -0.138. The van der Waals surface area contributed by atoms with Gasteiger partial charge in [-0.15, -0.1) is 24.0 Å². The van der Waals surface area contributed by atoms with E-state index in [2.05, 4.69) is 34.4 Å². The van der Waals surface area contributed by atoms with Crippen molar-refractivity contribution in [2.45, 2.75) is 45.2 Å². The second-order valence-corrected chi connectivity index (χ2v) is 7.02. The lowest BCUT2D eigenvalue weighted by Crippen LogP contribution is -2.46. The molecule has 0 aliphatic carbocycles. The first-order valence-electron chi connectivity index (χ1n) is 9.37. The first-order valence-corrected chi connectivity index (χ1v) is 9.37. The number of guanidine groups is 1. The maximum Gasteiger partial charge on any atom is 0.416 e. The van der Waals surface area contributed by atoms with E-state index in [9.17, 15) is 17.6 Å². The van der Waals surface area contributed by atoms with Crippen LogP contribution in [0.1, 0.15) is 31.4 Å². The Balaban J connectivity index is 0.00000420. The van der Waals surface area contributed by atoms with Crippen molar-refractivity contribution in [1.82, 2.24) is 15.5 Å². The van der Waals surface area contributed by atoms with Gasteiger partial charge in [0, 0.05) is 39.8 Å². The fourth-order valence-corrected chi connectivity index (χ4v) is 3.34. The number of rotatable bonds is 6. The molecule has 2 rings (SSSR count). The van der Waals surface area contributed by atoms with Crippen molar-refractivity contribution in [2.24, 2.45) is 4.99 Å². The molecule has 2 unspecified atom stereocenters. The largest absolute Gasteiger partial charge is 0.416 e. The number of alkyl halides is 3. The number of nitrogens with zero attached hydrogens (tertiary/aromatic N) is 2. The lowest BCUT2D eigenvalue weighted by atomic mass is 10.1. The van der Waals surface area contributed by atoms with Crippen molar-refractivity contribution in [1.29, 1.82) is 0 Å². The molecule has 1 aromatic rings. The Morgan fingerprint density at radius 2 is 1.86 bits per heavy atom. The van der Waals surface area contributed by atoms with Gasteiger partial charge in [-0.3, -0.25) is 9.89 Å². The molecule has 166 valence electrons. The van der Waals surface area contributed by atoms with E-state index in [1.54, 1.807) is 7.05 Å². The van der Waals surface area contributed by atoms with Crippen LogP contribution >= 0.6 is 24.0 Å². The standard InChI is InChI=1S/C19H28F4N4O.HI/c1-13-11-27(12-14(2)28-13)8-4-7-25-18(24-3)26-10-15-5-6-16(20)9-17(15)19(21,22)23;/h5-6,9,13-14H,4,7-8,10-12H2,1-3H3,(H2,24,25,26);1H. The number of hydrogen-bond acceptors (Lipinski definition) is 3. The van der Waals surface area contributed by atoms with Crippen molar-refractivity contribution < 1.29 is 22.3 Å². The van der Waals surface area contributed by atoms with Gasteiger partial charge in [0.2, 0.25) is 0 Å². The third-order valence-electron chi connectivity index (χ3n) is 4.49. The second-order valence-electron chi connectivity index (χ2n) is 7.02. The van der Waals surface area contributed by atoms with Crippen LogP contribution in [0, 0.1) is 5.82 Å². The van der Waals surface area contributed by atoms with E-state index in [4.69, 9.17) is 4.74 Å².